The summed E-state index contributed by atoms with van der Waals surface area (Å²) in [5.41, 5.74) is -1.46. The summed E-state index contributed by atoms with van der Waals surface area (Å²) in [6, 6.07) is 7.75. The summed E-state index contributed by atoms with van der Waals surface area (Å²) in [5, 5.41) is 10.3. The van der Waals surface area contributed by atoms with E-state index in [4.69, 9.17) is 11.6 Å². The molecule has 6 heteroatoms. The monoisotopic (exact) mass is 304 g/mol. The minimum Gasteiger partial charge on any atom is -0.384 e. The normalized spacial score (nSPS) is 13.3. The molecule has 2 aromatic carbocycles. The van der Waals surface area contributed by atoms with E-state index in [9.17, 15) is 22.7 Å². The number of hydrogen-bond donors (Lipinski definition) is 1. The van der Waals surface area contributed by atoms with Gasteiger partial charge in [0.1, 0.15) is 11.9 Å². The van der Waals surface area contributed by atoms with Gasteiger partial charge in [-0.1, -0.05) is 23.7 Å². The predicted molar refractivity (Wildman–Crippen MR) is 66.9 cm³/mol. The minimum atomic E-state index is -4.68. The van der Waals surface area contributed by atoms with Crippen molar-refractivity contribution in [2.75, 3.05) is 0 Å². The van der Waals surface area contributed by atoms with Crippen LogP contribution in [0.25, 0.3) is 0 Å². The standard InChI is InChI=1S/C14H9ClF4O/c15-9-3-1-2-8(6-9)13(20)11-7-10(16)4-5-12(11)14(17,18)19/h1-7,13,20H. The van der Waals surface area contributed by atoms with Gasteiger partial charge < -0.3 is 5.11 Å². The molecule has 1 N–H and O–H groups in total. The van der Waals surface area contributed by atoms with E-state index in [1.165, 1.54) is 24.3 Å². The molecular formula is C14H9ClF4O. The number of halogens is 5. The van der Waals surface area contributed by atoms with Crippen LogP contribution in [0.2, 0.25) is 5.02 Å². The van der Waals surface area contributed by atoms with Gasteiger partial charge in [0.25, 0.3) is 0 Å². The zero-order chi connectivity index (χ0) is 14.9. The second-order valence-corrected chi connectivity index (χ2v) is 4.62. The van der Waals surface area contributed by atoms with Crippen molar-refractivity contribution in [3.63, 3.8) is 0 Å². The lowest BCUT2D eigenvalue weighted by atomic mass is 9.96. The molecule has 0 fully saturated rings. The Morgan fingerprint density at radius 2 is 1.75 bits per heavy atom. The van der Waals surface area contributed by atoms with Crippen molar-refractivity contribution in [1.29, 1.82) is 0 Å². The molecule has 0 spiro atoms. The van der Waals surface area contributed by atoms with Crippen molar-refractivity contribution >= 4 is 11.6 Å². The summed E-state index contributed by atoms with van der Waals surface area (Å²) in [4.78, 5) is 0. The SMILES string of the molecule is OC(c1cccc(Cl)c1)c1cc(F)ccc1C(F)(F)F. The fourth-order valence-electron chi connectivity index (χ4n) is 1.87. The number of aliphatic hydroxyl groups is 1. The highest BCUT2D eigenvalue weighted by Crippen LogP contribution is 2.37. The molecule has 0 amide bonds. The van der Waals surface area contributed by atoms with Crippen molar-refractivity contribution in [2.45, 2.75) is 12.3 Å². The molecule has 0 heterocycles. The Balaban J connectivity index is 2.54. The zero-order valence-electron chi connectivity index (χ0n) is 9.96. The third-order valence-corrected chi connectivity index (χ3v) is 3.01. The highest BCUT2D eigenvalue weighted by Gasteiger charge is 2.35. The van der Waals surface area contributed by atoms with Crippen LogP contribution in [-0.4, -0.2) is 5.11 Å². The van der Waals surface area contributed by atoms with Gasteiger partial charge in [0, 0.05) is 10.6 Å². The van der Waals surface area contributed by atoms with Crippen molar-refractivity contribution in [1.82, 2.24) is 0 Å². The third kappa shape index (κ3) is 3.11. The van der Waals surface area contributed by atoms with Crippen LogP contribution in [0.4, 0.5) is 17.6 Å². The molecule has 20 heavy (non-hydrogen) atoms. The molecule has 2 rings (SSSR count). The topological polar surface area (TPSA) is 20.2 Å². The minimum absolute atomic E-state index is 0.161. The number of alkyl halides is 3. The molecule has 1 unspecified atom stereocenters. The molecule has 1 nitrogen and oxygen atoms in total. The van der Waals surface area contributed by atoms with Crippen LogP contribution in [0.1, 0.15) is 22.8 Å². The first-order valence-corrected chi connectivity index (χ1v) is 5.97. The molecule has 1 atom stereocenters. The van der Waals surface area contributed by atoms with E-state index in [0.717, 1.165) is 0 Å². The van der Waals surface area contributed by atoms with E-state index in [0.29, 0.717) is 18.2 Å². The van der Waals surface area contributed by atoms with E-state index in [2.05, 4.69) is 0 Å². The maximum absolute atomic E-state index is 13.2. The zero-order valence-corrected chi connectivity index (χ0v) is 10.7. The van der Waals surface area contributed by atoms with Gasteiger partial charge in [0.2, 0.25) is 0 Å². The smallest absolute Gasteiger partial charge is 0.384 e. The molecule has 2 aromatic rings. The number of aliphatic hydroxyl groups excluding tert-OH is 1. The Morgan fingerprint density at radius 1 is 1.05 bits per heavy atom. The fraction of sp³-hybridized carbons (Fsp3) is 0.143. The van der Waals surface area contributed by atoms with Crippen molar-refractivity contribution in [2.24, 2.45) is 0 Å². The molecule has 106 valence electrons. The molecule has 0 aliphatic carbocycles. The average molecular weight is 305 g/mol. The Kier molecular flexibility index (Phi) is 4.01. The first-order valence-electron chi connectivity index (χ1n) is 5.59. The van der Waals surface area contributed by atoms with E-state index in [1.807, 2.05) is 0 Å². The summed E-state index contributed by atoms with van der Waals surface area (Å²) in [6.07, 6.45) is -6.29. The summed E-state index contributed by atoms with van der Waals surface area (Å²) in [6.45, 7) is 0. The Morgan fingerprint density at radius 3 is 2.35 bits per heavy atom. The molecule has 0 radical (unpaired) electrons. The predicted octanol–water partition coefficient (Wildman–Crippen LogP) is 4.58. The van der Waals surface area contributed by atoms with Gasteiger partial charge in [-0.2, -0.15) is 13.2 Å². The lowest BCUT2D eigenvalue weighted by Gasteiger charge is -2.18. The largest absolute Gasteiger partial charge is 0.416 e. The summed E-state index contributed by atoms with van der Waals surface area (Å²) in [5.74, 6) is -0.853. The maximum Gasteiger partial charge on any atom is 0.416 e. The maximum atomic E-state index is 13.2. The van der Waals surface area contributed by atoms with Crippen molar-refractivity contribution in [3.05, 3.63) is 70.0 Å². The third-order valence-electron chi connectivity index (χ3n) is 2.78. The van der Waals surface area contributed by atoms with Crippen LogP contribution >= 0.6 is 11.6 Å². The Hall–Kier alpha value is -1.59. The van der Waals surface area contributed by atoms with Crippen LogP contribution in [0, 0.1) is 5.82 Å². The van der Waals surface area contributed by atoms with Crippen LogP contribution in [0.15, 0.2) is 42.5 Å². The fourth-order valence-corrected chi connectivity index (χ4v) is 2.07. The highest BCUT2D eigenvalue weighted by atomic mass is 35.5. The molecule has 0 saturated carbocycles. The summed E-state index contributed by atoms with van der Waals surface area (Å²) >= 11 is 5.73. The average Bonchev–Trinajstić information content (AvgIpc) is 2.36. The van der Waals surface area contributed by atoms with Gasteiger partial charge in [-0.05, 0) is 35.9 Å². The van der Waals surface area contributed by atoms with Crippen molar-refractivity contribution in [3.8, 4) is 0 Å². The molecule has 0 aliphatic rings. The quantitative estimate of drug-likeness (QED) is 0.805. The number of hydrogen-bond acceptors (Lipinski definition) is 1. The Bertz CT molecular complexity index is 625. The molecular weight excluding hydrogens is 296 g/mol. The van der Waals surface area contributed by atoms with Gasteiger partial charge in [0.05, 0.1) is 5.56 Å². The van der Waals surface area contributed by atoms with Gasteiger partial charge in [0.15, 0.2) is 0 Å². The van der Waals surface area contributed by atoms with E-state index in [1.54, 1.807) is 0 Å². The van der Waals surface area contributed by atoms with Crippen LogP contribution < -0.4 is 0 Å². The first kappa shape index (κ1) is 14.8. The van der Waals surface area contributed by atoms with E-state index >= 15 is 0 Å². The van der Waals surface area contributed by atoms with Crippen LogP contribution in [0.5, 0.6) is 0 Å². The second kappa shape index (κ2) is 5.42. The van der Waals surface area contributed by atoms with E-state index in [-0.39, 0.29) is 10.6 Å². The van der Waals surface area contributed by atoms with Gasteiger partial charge in [-0.25, -0.2) is 4.39 Å². The summed E-state index contributed by atoms with van der Waals surface area (Å²) < 4.78 is 51.8. The molecule has 0 bridgehead atoms. The van der Waals surface area contributed by atoms with E-state index < -0.39 is 29.2 Å². The lowest BCUT2D eigenvalue weighted by Crippen LogP contribution is -2.13. The van der Waals surface area contributed by atoms with Crippen molar-refractivity contribution < 1.29 is 22.7 Å². The van der Waals surface area contributed by atoms with Gasteiger partial charge in [-0.3, -0.25) is 0 Å². The van der Waals surface area contributed by atoms with Crippen LogP contribution in [-0.2, 0) is 6.18 Å². The lowest BCUT2D eigenvalue weighted by molar-refractivity contribution is -0.139. The molecule has 0 aromatic heterocycles. The second-order valence-electron chi connectivity index (χ2n) is 4.19. The van der Waals surface area contributed by atoms with Gasteiger partial charge in [-0.15, -0.1) is 0 Å². The molecule has 0 saturated heterocycles. The summed E-state index contributed by atoms with van der Waals surface area (Å²) in [7, 11) is 0. The first-order chi connectivity index (χ1) is 9.29. The highest BCUT2D eigenvalue weighted by molar-refractivity contribution is 6.30. The van der Waals surface area contributed by atoms with Gasteiger partial charge >= 0.3 is 6.18 Å². The van der Waals surface area contributed by atoms with Crippen LogP contribution in [0.3, 0.4) is 0 Å². The number of benzene rings is 2. The Labute approximate surface area is 117 Å². The molecule has 0 aliphatic heterocycles. The number of rotatable bonds is 2.